The zero-order valence-electron chi connectivity index (χ0n) is 12.3. The maximum atomic E-state index is 11.9. The lowest BCUT2D eigenvalue weighted by atomic mass is 10.1. The van der Waals surface area contributed by atoms with Gasteiger partial charge >= 0.3 is 0 Å². The van der Waals surface area contributed by atoms with Crippen LogP contribution in [0.1, 0.15) is 42.4 Å². The molecule has 1 atom stereocenters. The lowest BCUT2D eigenvalue weighted by Crippen LogP contribution is -2.37. The number of aliphatic hydroxyl groups excluding tert-OH is 2. The van der Waals surface area contributed by atoms with E-state index in [2.05, 4.69) is 15.4 Å². The minimum atomic E-state index is -0.333. The van der Waals surface area contributed by atoms with Crippen LogP contribution in [0.15, 0.2) is 10.6 Å². The highest BCUT2D eigenvalue weighted by Crippen LogP contribution is 2.14. The Morgan fingerprint density at radius 3 is 2.90 bits per heavy atom. The van der Waals surface area contributed by atoms with Crippen LogP contribution < -0.4 is 5.32 Å². The van der Waals surface area contributed by atoms with E-state index in [4.69, 9.17) is 9.63 Å². The van der Waals surface area contributed by atoms with Crippen LogP contribution in [0.3, 0.4) is 0 Å². The Bertz CT molecular complexity index is 451. The molecular formula is C14H23N3O4. The molecule has 0 spiro atoms. The van der Waals surface area contributed by atoms with E-state index in [1.54, 1.807) is 6.07 Å². The maximum Gasteiger partial charge on any atom is 0.273 e. The summed E-state index contributed by atoms with van der Waals surface area (Å²) in [5.41, 5.74) is 0.231. The number of aliphatic hydroxyl groups is 2. The average Bonchev–Trinajstić information content (AvgIpc) is 2.95. The summed E-state index contributed by atoms with van der Waals surface area (Å²) in [5.74, 6) is 0.300. The minimum absolute atomic E-state index is 0.0942. The van der Waals surface area contributed by atoms with Crippen molar-refractivity contribution in [2.75, 3.05) is 19.7 Å². The molecule has 0 saturated carbocycles. The molecule has 0 aliphatic carbocycles. The van der Waals surface area contributed by atoms with Gasteiger partial charge in [0, 0.05) is 19.2 Å². The molecule has 7 heteroatoms. The summed E-state index contributed by atoms with van der Waals surface area (Å²) >= 11 is 0. The van der Waals surface area contributed by atoms with Gasteiger partial charge in [0.05, 0.1) is 25.3 Å². The van der Waals surface area contributed by atoms with Crippen LogP contribution in [-0.4, -0.2) is 58.0 Å². The summed E-state index contributed by atoms with van der Waals surface area (Å²) in [6.07, 6.45) is 1.97. The lowest BCUT2D eigenvalue weighted by Gasteiger charge is -2.28. The molecule has 21 heavy (non-hydrogen) atoms. The van der Waals surface area contributed by atoms with E-state index in [-0.39, 0.29) is 30.4 Å². The minimum Gasteiger partial charge on any atom is -0.394 e. The number of rotatable bonds is 6. The molecule has 7 nitrogen and oxygen atoms in total. The summed E-state index contributed by atoms with van der Waals surface area (Å²) in [4.78, 5) is 14.1. The summed E-state index contributed by atoms with van der Waals surface area (Å²) in [7, 11) is 0. The Kier molecular flexibility index (Phi) is 5.72. The van der Waals surface area contributed by atoms with Gasteiger partial charge in [0.2, 0.25) is 0 Å². The van der Waals surface area contributed by atoms with Crippen LogP contribution in [0.25, 0.3) is 0 Å². The first-order chi connectivity index (χ1) is 10.1. The molecule has 2 heterocycles. The molecule has 1 fully saturated rings. The van der Waals surface area contributed by atoms with Gasteiger partial charge in [0.25, 0.3) is 5.91 Å². The molecule has 1 unspecified atom stereocenters. The number of likely N-dealkylation sites (tertiary alicyclic amines) is 1. The smallest absolute Gasteiger partial charge is 0.273 e. The number of hydrogen-bond acceptors (Lipinski definition) is 6. The fraction of sp³-hybridized carbons (Fsp3) is 0.714. The molecule has 1 aromatic rings. The van der Waals surface area contributed by atoms with E-state index < -0.39 is 0 Å². The second kappa shape index (κ2) is 7.53. The molecule has 0 bridgehead atoms. The molecule has 1 aliphatic rings. The number of aromatic nitrogens is 1. The molecule has 1 amide bonds. The van der Waals surface area contributed by atoms with Gasteiger partial charge in [-0.1, -0.05) is 12.1 Å². The second-order valence-corrected chi connectivity index (χ2v) is 5.45. The third-order valence-corrected chi connectivity index (χ3v) is 3.78. The predicted molar refractivity (Wildman–Crippen MR) is 75.7 cm³/mol. The Labute approximate surface area is 123 Å². The van der Waals surface area contributed by atoms with E-state index in [1.807, 2.05) is 6.92 Å². The molecular weight excluding hydrogens is 274 g/mol. The van der Waals surface area contributed by atoms with Crippen LogP contribution in [0, 0.1) is 0 Å². The number of hydrogen-bond donors (Lipinski definition) is 3. The molecule has 1 aliphatic heterocycles. The van der Waals surface area contributed by atoms with Gasteiger partial charge in [-0.25, -0.2) is 0 Å². The van der Waals surface area contributed by atoms with Crippen LogP contribution in [0.4, 0.5) is 0 Å². The highest BCUT2D eigenvalue weighted by molar-refractivity contribution is 5.92. The quantitative estimate of drug-likeness (QED) is 0.690. The van der Waals surface area contributed by atoms with Gasteiger partial charge in [-0.3, -0.25) is 9.69 Å². The van der Waals surface area contributed by atoms with Crippen molar-refractivity contribution >= 4 is 5.91 Å². The largest absolute Gasteiger partial charge is 0.394 e. The first kappa shape index (κ1) is 15.9. The van der Waals surface area contributed by atoms with E-state index in [0.29, 0.717) is 18.7 Å². The number of amides is 1. The second-order valence-electron chi connectivity index (χ2n) is 5.45. The third-order valence-electron chi connectivity index (χ3n) is 3.78. The van der Waals surface area contributed by atoms with Crippen molar-refractivity contribution in [3.8, 4) is 0 Å². The standard InChI is InChI=1S/C14H23N3O4/c1-2-10(9-18)15-14(20)13-7-12(21-16-13)8-17-5-3-11(19)4-6-17/h7,10-11,18-19H,2-6,8-9H2,1H3,(H,15,20). The molecule has 3 N–H and O–H groups in total. The Morgan fingerprint density at radius 1 is 1.57 bits per heavy atom. The summed E-state index contributed by atoms with van der Waals surface area (Å²) < 4.78 is 5.19. The zero-order chi connectivity index (χ0) is 15.2. The van der Waals surface area contributed by atoms with Crippen LogP contribution in [-0.2, 0) is 6.54 Å². The van der Waals surface area contributed by atoms with E-state index in [0.717, 1.165) is 25.9 Å². The number of carbonyl (C=O) groups excluding carboxylic acids is 1. The molecule has 2 rings (SSSR count). The fourth-order valence-electron chi connectivity index (χ4n) is 2.33. The Morgan fingerprint density at radius 2 is 2.29 bits per heavy atom. The summed E-state index contributed by atoms with van der Waals surface area (Å²) in [6, 6.07) is 1.37. The van der Waals surface area contributed by atoms with E-state index >= 15 is 0 Å². The topological polar surface area (TPSA) is 98.8 Å². The normalized spacial score (nSPS) is 18.6. The van der Waals surface area contributed by atoms with Crippen molar-refractivity contribution in [2.45, 2.75) is 44.9 Å². The van der Waals surface area contributed by atoms with E-state index in [9.17, 15) is 9.90 Å². The van der Waals surface area contributed by atoms with Crippen molar-refractivity contribution < 1.29 is 19.5 Å². The van der Waals surface area contributed by atoms with Crippen molar-refractivity contribution in [2.24, 2.45) is 0 Å². The number of piperidine rings is 1. The average molecular weight is 297 g/mol. The van der Waals surface area contributed by atoms with Crippen molar-refractivity contribution in [1.82, 2.24) is 15.4 Å². The summed E-state index contributed by atoms with van der Waals surface area (Å²) in [6.45, 7) is 4.01. The zero-order valence-corrected chi connectivity index (χ0v) is 12.3. The van der Waals surface area contributed by atoms with Gasteiger partial charge in [0.1, 0.15) is 0 Å². The van der Waals surface area contributed by atoms with Gasteiger partial charge in [-0.2, -0.15) is 0 Å². The van der Waals surface area contributed by atoms with Gasteiger partial charge < -0.3 is 20.1 Å². The van der Waals surface area contributed by atoms with Gasteiger partial charge in [0.15, 0.2) is 11.5 Å². The maximum absolute atomic E-state index is 11.9. The number of carbonyl (C=O) groups is 1. The van der Waals surface area contributed by atoms with Crippen molar-refractivity contribution in [3.63, 3.8) is 0 Å². The molecule has 118 valence electrons. The predicted octanol–water partition coefficient (Wildman–Crippen LogP) is 0.132. The lowest BCUT2D eigenvalue weighted by molar-refractivity contribution is 0.0748. The molecule has 0 aromatic carbocycles. The Balaban J connectivity index is 1.87. The monoisotopic (exact) mass is 297 g/mol. The van der Waals surface area contributed by atoms with E-state index in [1.165, 1.54) is 0 Å². The number of nitrogens with zero attached hydrogens (tertiary/aromatic N) is 2. The fourth-order valence-corrected chi connectivity index (χ4v) is 2.33. The highest BCUT2D eigenvalue weighted by atomic mass is 16.5. The molecule has 1 aromatic heterocycles. The van der Waals surface area contributed by atoms with Crippen LogP contribution in [0.2, 0.25) is 0 Å². The molecule has 1 saturated heterocycles. The van der Waals surface area contributed by atoms with Gasteiger partial charge in [-0.05, 0) is 19.3 Å². The highest BCUT2D eigenvalue weighted by Gasteiger charge is 2.20. The van der Waals surface area contributed by atoms with Crippen molar-refractivity contribution in [3.05, 3.63) is 17.5 Å². The van der Waals surface area contributed by atoms with Gasteiger partial charge in [-0.15, -0.1) is 0 Å². The first-order valence-electron chi connectivity index (χ1n) is 7.40. The van der Waals surface area contributed by atoms with Crippen molar-refractivity contribution in [1.29, 1.82) is 0 Å². The summed E-state index contributed by atoms with van der Waals surface area (Å²) in [5, 5.41) is 25.0. The third kappa shape index (κ3) is 4.52. The van der Waals surface area contributed by atoms with Crippen LogP contribution in [0.5, 0.6) is 0 Å². The molecule has 0 radical (unpaired) electrons. The van der Waals surface area contributed by atoms with Crippen LogP contribution >= 0.6 is 0 Å². The number of nitrogens with one attached hydrogen (secondary N) is 1. The first-order valence-corrected chi connectivity index (χ1v) is 7.40. The SMILES string of the molecule is CCC(CO)NC(=O)c1cc(CN2CCC(O)CC2)on1. The Hall–Kier alpha value is -1.44.